The Balaban J connectivity index is 2.02. The summed E-state index contributed by atoms with van der Waals surface area (Å²) in [6.45, 7) is 0. The Morgan fingerprint density at radius 2 is 2.19 bits per heavy atom. The van der Waals surface area contributed by atoms with E-state index in [2.05, 4.69) is 19.9 Å². The van der Waals surface area contributed by atoms with E-state index >= 15 is 0 Å². The summed E-state index contributed by atoms with van der Waals surface area (Å²) in [4.78, 5) is 15.7. The predicted octanol–water partition coefficient (Wildman–Crippen LogP) is 0.530. The molecule has 2 heterocycles. The second-order valence-electron chi connectivity index (χ2n) is 4.35. The number of H-pyrrole nitrogens is 1. The molecular formula is C10H14N6. The van der Waals surface area contributed by atoms with Crippen LogP contribution in [-0.2, 0) is 0 Å². The van der Waals surface area contributed by atoms with Crippen LogP contribution in [0.15, 0.2) is 6.33 Å². The summed E-state index contributed by atoms with van der Waals surface area (Å²) < 4.78 is 0. The van der Waals surface area contributed by atoms with Crippen molar-refractivity contribution in [3.63, 3.8) is 0 Å². The summed E-state index contributed by atoms with van der Waals surface area (Å²) in [6.07, 6.45) is 4.55. The molecule has 16 heavy (non-hydrogen) atoms. The van der Waals surface area contributed by atoms with Crippen molar-refractivity contribution in [3.05, 3.63) is 12.2 Å². The van der Waals surface area contributed by atoms with E-state index in [1.807, 2.05) is 0 Å². The van der Waals surface area contributed by atoms with E-state index in [-0.39, 0.29) is 0 Å². The number of anilines is 1. The van der Waals surface area contributed by atoms with Crippen LogP contribution >= 0.6 is 0 Å². The van der Waals surface area contributed by atoms with Crippen molar-refractivity contribution in [1.82, 2.24) is 19.9 Å². The maximum atomic E-state index is 5.89. The van der Waals surface area contributed by atoms with Gasteiger partial charge in [0.25, 0.3) is 0 Å². The molecule has 0 aliphatic heterocycles. The number of nitrogen functional groups attached to an aromatic ring is 1. The molecule has 2 aromatic rings. The number of nitrogens with zero attached hydrogens (tertiary/aromatic N) is 3. The molecule has 0 amide bonds. The van der Waals surface area contributed by atoms with Crippen LogP contribution in [0.2, 0.25) is 0 Å². The third-order valence-electron chi connectivity index (χ3n) is 3.20. The molecule has 6 nitrogen and oxygen atoms in total. The van der Waals surface area contributed by atoms with Gasteiger partial charge in [0.15, 0.2) is 11.5 Å². The summed E-state index contributed by atoms with van der Waals surface area (Å²) in [5, 5.41) is 0. The van der Waals surface area contributed by atoms with Crippen molar-refractivity contribution < 1.29 is 0 Å². The summed E-state index contributed by atoms with van der Waals surface area (Å²) in [7, 11) is 0. The smallest absolute Gasteiger partial charge is 0.183 e. The Morgan fingerprint density at radius 3 is 2.88 bits per heavy atom. The Hall–Kier alpha value is -1.69. The molecule has 2 atom stereocenters. The molecule has 2 aromatic heterocycles. The summed E-state index contributed by atoms with van der Waals surface area (Å²) >= 11 is 0. The number of aromatic nitrogens is 4. The van der Waals surface area contributed by atoms with Crippen LogP contribution in [-0.4, -0.2) is 26.0 Å². The lowest BCUT2D eigenvalue weighted by Gasteiger charge is -2.04. The van der Waals surface area contributed by atoms with Crippen LogP contribution < -0.4 is 11.5 Å². The van der Waals surface area contributed by atoms with Crippen LogP contribution in [0.4, 0.5) is 5.82 Å². The third-order valence-corrected chi connectivity index (χ3v) is 3.20. The lowest BCUT2D eigenvalue weighted by molar-refractivity contribution is 0.651. The highest BCUT2D eigenvalue weighted by Crippen LogP contribution is 2.32. The van der Waals surface area contributed by atoms with Gasteiger partial charge in [-0.05, 0) is 19.3 Å². The lowest BCUT2D eigenvalue weighted by atomic mass is 10.1. The number of rotatable bonds is 1. The third kappa shape index (κ3) is 1.42. The second-order valence-corrected chi connectivity index (χ2v) is 4.35. The molecule has 1 saturated carbocycles. The number of nitrogens with two attached hydrogens (primary N) is 2. The van der Waals surface area contributed by atoms with Gasteiger partial charge in [-0.3, -0.25) is 0 Å². The van der Waals surface area contributed by atoms with E-state index in [0.717, 1.165) is 30.6 Å². The van der Waals surface area contributed by atoms with Gasteiger partial charge in [0, 0.05) is 12.0 Å². The molecule has 0 spiro atoms. The molecule has 0 radical (unpaired) electrons. The fraction of sp³-hybridized carbons (Fsp3) is 0.500. The number of hydrogen-bond acceptors (Lipinski definition) is 5. The van der Waals surface area contributed by atoms with Gasteiger partial charge in [0.05, 0.1) is 0 Å². The van der Waals surface area contributed by atoms with Crippen LogP contribution in [0.3, 0.4) is 0 Å². The first-order chi connectivity index (χ1) is 7.74. The van der Waals surface area contributed by atoms with Crippen molar-refractivity contribution in [3.8, 4) is 0 Å². The van der Waals surface area contributed by atoms with E-state index in [1.165, 1.54) is 6.33 Å². The van der Waals surface area contributed by atoms with Crippen LogP contribution in [0.25, 0.3) is 11.2 Å². The molecule has 1 fully saturated rings. The van der Waals surface area contributed by atoms with Crippen molar-refractivity contribution in [2.45, 2.75) is 31.2 Å². The van der Waals surface area contributed by atoms with Gasteiger partial charge in [-0.15, -0.1) is 0 Å². The van der Waals surface area contributed by atoms with Crippen molar-refractivity contribution >= 4 is 17.0 Å². The number of nitrogens with one attached hydrogen (secondary N) is 1. The molecule has 0 bridgehead atoms. The van der Waals surface area contributed by atoms with Crippen LogP contribution in [0.1, 0.15) is 31.0 Å². The fourth-order valence-corrected chi connectivity index (χ4v) is 2.32. The average molecular weight is 218 g/mol. The normalized spacial score (nSPS) is 25.3. The van der Waals surface area contributed by atoms with Gasteiger partial charge in [0.2, 0.25) is 0 Å². The second kappa shape index (κ2) is 3.41. The summed E-state index contributed by atoms with van der Waals surface area (Å²) in [6, 6.07) is 0.293. The highest BCUT2D eigenvalue weighted by molar-refractivity contribution is 5.81. The van der Waals surface area contributed by atoms with Crippen molar-refractivity contribution in [1.29, 1.82) is 0 Å². The highest BCUT2D eigenvalue weighted by atomic mass is 15.1. The summed E-state index contributed by atoms with van der Waals surface area (Å²) in [5.41, 5.74) is 13.0. The minimum Gasteiger partial charge on any atom is -0.382 e. The zero-order valence-electron chi connectivity index (χ0n) is 8.85. The molecule has 5 N–H and O–H groups in total. The standard InChI is InChI=1S/C10H14N6/c11-6-2-1-5(3-6)9-15-7-8(12)13-4-14-10(7)16-9/h4-6H,1-3,11H2,(H3,12,13,14,15,16)/t5-,6+/m1/s1. The molecule has 1 aliphatic rings. The van der Waals surface area contributed by atoms with Crippen molar-refractivity contribution in [2.75, 3.05) is 5.73 Å². The minimum absolute atomic E-state index is 0.293. The fourth-order valence-electron chi connectivity index (χ4n) is 2.32. The lowest BCUT2D eigenvalue weighted by Crippen LogP contribution is -2.14. The quantitative estimate of drug-likeness (QED) is 0.647. The van der Waals surface area contributed by atoms with Gasteiger partial charge in [-0.1, -0.05) is 0 Å². The summed E-state index contributed by atoms with van der Waals surface area (Å²) in [5.74, 6) is 1.80. The minimum atomic E-state index is 0.293. The van der Waals surface area contributed by atoms with Gasteiger partial charge < -0.3 is 16.5 Å². The Kier molecular flexibility index (Phi) is 2.03. The largest absolute Gasteiger partial charge is 0.382 e. The molecular weight excluding hydrogens is 204 g/mol. The van der Waals surface area contributed by atoms with E-state index in [4.69, 9.17) is 11.5 Å². The van der Waals surface area contributed by atoms with Crippen LogP contribution in [0.5, 0.6) is 0 Å². The van der Waals surface area contributed by atoms with E-state index in [0.29, 0.717) is 23.4 Å². The number of fused-ring (bicyclic) bond motifs is 1. The van der Waals surface area contributed by atoms with E-state index in [9.17, 15) is 0 Å². The van der Waals surface area contributed by atoms with Gasteiger partial charge in [-0.25, -0.2) is 15.0 Å². The van der Waals surface area contributed by atoms with Gasteiger partial charge in [0.1, 0.15) is 17.7 Å². The first kappa shape index (κ1) is 9.53. The Bertz CT molecular complexity index is 519. The zero-order valence-corrected chi connectivity index (χ0v) is 8.85. The van der Waals surface area contributed by atoms with Gasteiger partial charge >= 0.3 is 0 Å². The average Bonchev–Trinajstić information content (AvgIpc) is 2.84. The molecule has 0 saturated heterocycles. The Labute approximate surface area is 92.5 Å². The molecule has 1 aliphatic carbocycles. The zero-order chi connectivity index (χ0) is 11.1. The molecule has 0 unspecified atom stereocenters. The molecule has 6 heteroatoms. The van der Waals surface area contributed by atoms with Crippen LogP contribution in [0, 0.1) is 0 Å². The Morgan fingerprint density at radius 1 is 1.31 bits per heavy atom. The first-order valence-corrected chi connectivity index (χ1v) is 5.45. The first-order valence-electron chi connectivity index (χ1n) is 5.45. The molecule has 3 rings (SSSR count). The predicted molar refractivity (Wildman–Crippen MR) is 60.7 cm³/mol. The van der Waals surface area contributed by atoms with E-state index < -0.39 is 0 Å². The van der Waals surface area contributed by atoms with Crippen molar-refractivity contribution in [2.24, 2.45) is 5.73 Å². The van der Waals surface area contributed by atoms with Gasteiger partial charge in [-0.2, -0.15) is 0 Å². The topological polar surface area (TPSA) is 106 Å². The number of hydrogen-bond donors (Lipinski definition) is 3. The highest BCUT2D eigenvalue weighted by Gasteiger charge is 2.26. The molecule has 0 aromatic carbocycles. The SMILES string of the molecule is Nc1ncnc2nc([C@@H]3CC[C@H](N)C3)[nH]c12. The molecule has 84 valence electrons. The monoisotopic (exact) mass is 218 g/mol. The maximum absolute atomic E-state index is 5.89. The number of aromatic amines is 1. The van der Waals surface area contributed by atoms with E-state index in [1.54, 1.807) is 0 Å². The maximum Gasteiger partial charge on any atom is 0.183 e. The number of imidazole rings is 1.